The van der Waals surface area contributed by atoms with E-state index in [1.807, 2.05) is 6.92 Å². The highest BCUT2D eigenvalue weighted by atomic mass is 16.5. The molecule has 18 heavy (non-hydrogen) atoms. The van der Waals surface area contributed by atoms with Crippen molar-refractivity contribution in [2.45, 2.75) is 32.9 Å². The molecule has 2 rings (SSSR count). The molecule has 1 aromatic rings. The normalized spacial score (nSPS) is 22.7. The van der Waals surface area contributed by atoms with Gasteiger partial charge in [0.25, 0.3) is 0 Å². The lowest BCUT2D eigenvalue weighted by molar-refractivity contribution is -0.0159. The highest BCUT2D eigenvalue weighted by Gasteiger charge is 2.23. The molecule has 100 valence electrons. The van der Waals surface area contributed by atoms with Crippen LogP contribution in [0.1, 0.15) is 19.5 Å². The molecular formula is C13H22N4O. The lowest BCUT2D eigenvalue weighted by Crippen LogP contribution is -2.50. The fourth-order valence-corrected chi connectivity index (χ4v) is 2.31. The number of rotatable bonds is 4. The zero-order valence-electron chi connectivity index (χ0n) is 11.4. The van der Waals surface area contributed by atoms with Crippen molar-refractivity contribution in [1.82, 2.24) is 14.9 Å². The third kappa shape index (κ3) is 3.40. The Hall–Kier alpha value is -1.20. The fourth-order valence-electron chi connectivity index (χ4n) is 2.31. The molecule has 1 aliphatic rings. The summed E-state index contributed by atoms with van der Waals surface area (Å²) in [4.78, 5) is 11.0. The number of aromatic nitrogens is 2. The van der Waals surface area contributed by atoms with Crippen molar-refractivity contribution in [3.05, 3.63) is 18.1 Å². The topological polar surface area (TPSA) is 50.3 Å². The largest absolute Gasteiger partial charge is 0.379 e. The summed E-state index contributed by atoms with van der Waals surface area (Å²) in [6, 6.07) is 0.949. The SMILES string of the molecule is Cc1cncc(NCC(C)N2CCOCC2C)n1. The third-order valence-electron chi connectivity index (χ3n) is 3.32. The molecule has 0 saturated carbocycles. The summed E-state index contributed by atoms with van der Waals surface area (Å²) < 4.78 is 5.46. The average molecular weight is 250 g/mol. The van der Waals surface area contributed by atoms with E-state index >= 15 is 0 Å². The molecule has 0 aromatic carbocycles. The molecule has 2 unspecified atom stereocenters. The molecule has 2 atom stereocenters. The number of hydrogen-bond acceptors (Lipinski definition) is 5. The Labute approximate surface area is 109 Å². The number of ether oxygens (including phenoxy) is 1. The van der Waals surface area contributed by atoms with Crippen molar-refractivity contribution in [2.75, 3.05) is 31.6 Å². The molecule has 0 aliphatic carbocycles. The van der Waals surface area contributed by atoms with Gasteiger partial charge in [0.1, 0.15) is 5.82 Å². The van der Waals surface area contributed by atoms with Gasteiger partial charge in [0.15, 0.2) is 0 Å². The number of nitrogens with zero attached hydrogens (tertiary/aromatic N) is 3. The summed E-state index contributed by atoms with van der Waals surface area (Å²) in [5, 5.41) is 3.35. The third-order valence-corrected chi connectivity index (χ3v) is 3.32. The number of hydrogen-bond donors (Lipinski definition) is 1. The Balaban J connectivity index is 1.85. The van der Waals surface area contributed by atoms with Gasteiger partial charge in [-0.3, -0.25) is 9.88 Å². The summed E-state index contributed by atoms with van der Waals surface area (Å²) in [5.41, 5.74) is 0.937. The van der Waals surface area contributed by atoms with Crippen LogP contribution in [0.25, 0.3) is 0 Å². The van der Waals surface area contributed by atoms with E-state index in [4.69, 9.17) is 4.74 Å². The first-order valence-corrected chi connectivity index (χ1v) is 6.53. The van der Waals surface area contributed by atoms with Crippen LogP contribution in [-0.4, -0.2) is 53.3 Å². The zero-order valence-corrected chi connectivity index (χ0v) is 11.4. The van der Waals surface area contributed by atoms with Gasteiger partial charge in [-0.05, 0) is 20.8 Å². The van der Waals surface area contributed by atoms with Crippen LogP contribution in [0.4, 0.5) is 5.82 Å². The second-order valence-corrected chi connectivity index (χ2v) is 4.94. The second kappa shape index (κ2) is 6.11. The van der Waals surface area contributed by atoms with E-state index in [0.717, 1.165) is 37.8 Å². The van der Waals surface area contributed by atoms with Crippen molar-refractivity contribution >= 4 is 5.82 Å². The van der Waals surface area contributed by atoms with Gasteiger partial charge in [0.05, 0.1) is 25.1 Å². The summed E-state index contributed by atoms with van der Waals surface area (Å²) in [7, 11) is 0. The molecule has 5 heteroatoms. The average Bonchev–Trinajstić information content (AvgIpc) is 2.37. The standard InChI is InChI=1S/C13H22N4O/c1-10-6-14-8-13(16-10)15-7-11(2)17-4-5-18-9-12(17)3/h6,8,11-12H,4-5,7,9H2,1-3H3,(H,15,16). The molecule has 1 saturated heterocycles. The van der Waals surface area contributed by atoms with Gasteiger partial charge >= 0.3 is 0 Å². The molecule has 0 spiro atoms. The van der Waals surface area contributed by atoms with Gasteiger partial charge in [-0.2, -0.15) is 0 Å². The van der Waals surface area contributed by atoms with Crippen molar-refractivity contribution in [2.24, 2.45) is 0 Å². The highest BCUT2D eigenvalue weighted by Crippen LogP contribution is 2.11. The molecule has 0 bridgehead atoms. The van der Waals surface area contributed by atoms with Crippen LogP contribution in [-0.2, 0) is 4.74 Å². The van der Waals surface area contributed by atoms with Crippen LogP contribution >= 0.6 is 0 Å². The van der Waals surface area contributed by atoms with Crippen LogP contribution in [0.2, 0.25) is 0 Å². The minimum Gasteiger partial charge on any atom is -0.379 e. The predicted octanol–water partition coefficient (Wildman–Crippen LogP) is 1.31. The molecule has 0 radical (unpaired) electrons. The van der Waals surface area contributed by atoms with E-state index in [1.54, 1.807) is 12.4 Å². The summed E-state index contributed by atoms with van der Waals surface area (Å²) in [6.45, 7) is 9.94. The lowest BCUT2D eigenvalue weighted by atomic mass is 10.2. The van der Waals surface area contributed by atoms with E-state index < -0.39 is 0 Å². The molecule has 5 nitrogen and oxygen atoms in total. The number of aryl methyl sites for hydroxylation is 1. The molecule has 0 amide bonds. The minimum atomic E-state index is 0.464. The van der Waals surface area contributed by atoms with Gasteiger partial charge in [0, 0.05) is 31.4 Å². The van der Waals surface area contributed by atoms with Crippen molar-refractivity contribution in [3.63, 3.8) is 0 Å². The van der Waals surface area contributed by atoms with Gasteiger partial charge in [-0.25, -0.2) is 4.98 Å². The minimum absolute atomic E-state index is 0.464. The lowest BCUT2D eigenvalue weighted by Gasteiger charge is -2.37. The first kappa shape index (κ1) is 13.2. The number of morpholine rings is 1. The maximum atomic E-state index is 5.46. The Morgan fingerprint density at radius 2 is 2.39 bits per heavy atom. The maximum absolute atomic E-state index is 5.46. The van der Waals surface area contributed by atoms with Gasteiger partial charge in [-0.15, -0.1) is 0 Å². The Morgan fingerprint density at radius 3 is 3.11 bits per heavy atom. The van der Waals surface area contributed by atoms with Gasteiger partial charge in [-0.1, -0.05) is 0 Å². The first-order chi connectivity index (χ1) is 8.66. The summed E-state index contributed by atoms with van der Waals surface area (Å²) in [6.07, 6.45) is 3.53. The quantitative estimate of drug-likeness (QED) is 0.873. The van der Waals surface area contributed by atoms with E-state index in [1.165, 1.54) is 0 Å². The highest BCUT2D eigenvalue weighted by molar-refractivity contribution is 5.31. The van der Waals surface area contributed by atoms with E-state index in [2.05, 4.69) is 34.0 Å². The summed E-state index contributed by atoms with van der Waals surface area (Å²) >= 11 is 0. The van der Waals surface area contributed by atoms with Gasteiger partial charge in [0.2, 0.25) is 0 Å². The van der Waals surface area contributed by atoms with Gasteiger partial charge < -0.3 is 10.1 Å². The van der Waals surface area contributed by atoms with Crippen LogP contribution < -0.4 is 5.32 Å². The van der Waals surface area contributed by atoms with Crippen molar-refractivity contribution in [3.8, 4) is 0 Å². The molecule has 2 heterocycles. The van der Waals surface area contributed by atoms with Crippen LogP contribution in [0.3, 0.4) is 0 Å². The molecule has 1 aromatic heterocycles. The first-order valence-electron chi connectivity index (χ1n) is 6.53. The molecular weight excluding hydrogens is 228 g/mol. The van der Waals surface area contributed by atoms with E-state index in [-0.39, 0.29) is 0 Å². The molecule has 1 fully saturated rings. The Bertz CT molecular complexity index is 385. The summed E-state index contributed by atoms with van der Waals surface area (Å²) in [5.74, 6) is 0.850. The monoisotopic (exact) mass is 250 g/mol. The van der Waals surface area contributed by atoms with E-state index in [9.17, 15) is 0 Å². The smallest absolute Gasteiger partial charge is 0.144 e. The van der Waals surface area contributed by atoms with Crippen LogP contribution in [0.5, 0.6) is 0 Å². The van der Waals surface area contributed by atoms with Crippen molar-refractivity contribution < 1.29 is 4.74 Å². The molecule has 1 N–H and O–H groups in total. The van der Waals surface area contributed by atoms with Crippen LogP contribution in [0, 0.1) is 6.92 Å². The number of nitrogens with one attached hydrogen (secondary N) is 1. The van der Waals surface area contributed by atoms with Crippen LogP contribution in [0.15, 0.2) is 12.4 Å². The Kier molecular flexibility index (Phi) is 4.49. The second-order valence-electron chi connectivity index (χ2n) is 4.94. The fraction of sp³-hybridized carbons (Fsp3) is 0.692. The zero-order chi connectivity index (χ0) is 13.0. The van der Waals surface area contributed by atoms with E-state index in [0.29, 0.717) is 12.1 Å². The predicted molar refractivity (Wildman–Crippen MR) is 71.7 cm³/mol. The van der Waals surface area contributed by atoms with Crippen molar-refractivity contribution in [1.29, 1.82) is 0 Å². The number of anilines is 1. The molecule has 1 aliphatic heterocycles. The maximum Gasteiger partial charge on any atom is 0.144 e. The Morgan fingerprint density at radius 1 is 1.56 bits per heavy atom.